The number of aryl methyl sites for hydroxylation is 2. The molecular weight excluding hydrogens is 409 g/mol. The zero-order valence-electron chi connectivity index (χ0n) is 19.0. The third-order valence-corrected chi connectivity index (χ3v) is 5.98. The first-order valence-corrected chi connectivity index (χ1v) is 10.8. The number of nitrogens with zero attached hydrogens (tertiary/aromatic N) is 5. The maximum atomic E-state index is 14.6. The highest BCUT2D eigenvalue weighted by Gasteiger charge is 2.24. The first-order valence-electron chi connectivity index (χ1n) is 10.8. The molecule has 168 valence electrons. The summed E-state index contributed by atoms with van der Waals surface area (Å²) in [7, 11) is 5.35. The molecule has 1 saturated heterocycles. The van der Waals surface area contributed by atoms with Crippen molar-refractivity contribution in [3.63, 3.8) is 0 Å². The summed E-state index contributed by atoms with van der Waals surface area (Å²) in [6.45, 7) is 6.24. The highest BCUT2D eigenvalue weighted by molar-refractivity contribution is 5.99. The topological polar surface area (TPSA) is 72.2 Å². The molecule has 1 aliphatic rings. The van der Waals surface area contributed by atoms with Gasteiger partial charge in [0.1, 0.15) is 11.3 Å². The van der Waals surface area contributed by atoms with Crippen LogP contribution in [-0.4, -0.2) is 51.8 Å². The molecule has 0 aliphatic carbocycles. The summed E-state index contributed by atoms with van der Waals surface area (Å²) in [6.07, 6.45) is 1.79. The summed E-state index contributed by atoms with van der Waals surface area (Å²) in [5.41, 5.74) is 3.01. The van der Waals surface area contributed by atoms with Crippen LogP contribution in [0.5, 0.6) is 5.75 Å². The molecule has 32 heavy (non-hydrogen) atoms. The third kappa shape index (κ3) is 3.52. The Hall–Kier alpha value is -3.33. The van der Waals surface area contributed by atoms with E-state index >= 15 is 0 Å². The minimum atomic E-state index is -0.373. The summed E-state index contributed by atoms with van der Waals surface area (Å²) in [5.74, 6) is 0.979. The van der Waals surface area contributed by atoms with Crippen LogP contribution in [0.15, 0.2) is 30.5 Å². The van der Waals surface area contributed by atoms with Crippen LogP contribution >= 0.6 is 0 Å². The van der Waals surface area contributed by atoms with Crippen molar-refractivity contribution in [3.05, 3.63) is 36.3 Å². The number of rotatable bonds is 4. The Kier molecular flexibility index (Phi) is 4.93. The molecule has 2 atom stereocenters. The van der Waals surface area contributed by atoms with E-state index in [1.54, 1.807) is 25.0 Å². The third-order valence-electron chi connectivity index (χ3n) is 5.98. The number of ether oxygens (including phenoxy) is 1. The number of fused-ring (bicyclic) bond motifs is 2. The van der Waals surface area contributed by atoms with Gasteiger partial charge in [0.25, 0.3) is 0 Å². The van der Waals surface area contributed by atoms with Gasteiger partial charge in [-0.05, 0) is 32.0 Å². The van der Waals surface area contributed by atoms with Crippen LogP contribution in [0.3, 0.4) is 0 Å². The van der Waals surface area contributed by atoms with Crippen molar-refractivity contribution in [2.24, 2.45) is 14.1 Å². The van der Waals surface area contributed by atoms with Gasteiger partial charge in [-0.1, -0.05) is 0 Å². The SMILES string of the molecule is COc1cc(N2CC(C)NC(C)C2)cc2c1c(Nc1cc(F)c3nn(C)cc3c1)nn2C. The van der Waals surface area contributed by atoms with Crippen LogP contribution in [0, 0.1) is 5.82 Å². The fourth-order valence-electron chi connectivity index (χ4n) is 4.72. The quantitative estimate of drug-likeness (QED) is 0.509. The molecule has 1 fully saturated rings. The minimum Gasteiger partial charge on any atom is -0.496 e. The minimum absolute atomic E-state index is 0.352. The molecule has 4 aromatic rings. The molecule has 2 aromatic heterocycles. The van der Waals surface area contributed by atoms with Gasteiger partial charge in [-0.2, -0.15) is 10.2 Å². The number of hydrogen-bond acceptors (Lipinski definition) is 6. The second-order valence-corrected chi connectivity index (χ2v) is 8.71. The van der Waals surface area contributed by atoms with Gasteiger partial charge in [0.05, 0.1) is 18.0 Å². The van der Waals surface area contributed by atoms with Crippen molar-refractivity contribution >= 4 is 39.0 Å². The second-order valence-electron chi connectivity index (χ2n) is 8.71. The Balaban J connectivity index is 1.56. The van der Waals surface area contributed by atoms with Crippen LogP contribution in [0.25, 0.3) is 21.8 Å². The lowest BCUT2D eigenvalue weighted by molar-refractivity contribution is 0.404. The lowest BCUT2D eigenvalue weighted by Gasteiger charge is -2.37. The van der Waals surface area contributed by atoms with Gasteiger partial charge >= 0.3 is 0 Å². The normalized spacial score (nSPS) is 19.1. The van der Waals surface area contributed by atoms with Crippen LogP contribution in [-0.2, 0) is 14.1 Å². The number of hydrogen-bond donors (Lipinski definition) is 2. The predicted octanol–water partition coefficient (Wildman–Crippen LogP) is 3.54. The van der Waals surface area contributed by atoms with E-state index in [0.717, 1.165) is 40.8 Å². The lowest BCUT2D eigenvalue weighted by atomic mass is 10.1. The highest BCUT2D eigenvalue weighted by Crippen LogP contribution is 2.38. The number of methoxy groups -OCH3 is 1. The maximum Gasteiger partial charge on any atom is 0.164 e. The zero-order chi connectivity index (χ0) is 22.6. The molecule has 0 bridgehead atoms. The smallest absolute Gasteiger partial charge is 0.164 e. The Bertz CT molecular complexity index is 1300. The number of anilines is 3. The summed E-state index contributed by atoms with van der Waals surface area (Å²) >= 11 is 0. The second kappa shape index (κ2) is 7.67. The summed E-state index contributed by atoms with van der Waals surface area (Å²) in [4.78, 5) is 2.37. The fraction of sp³-hybridized carbons (Fsp3) is 0.391. The van der Waals surface area contributed by atoms with Crippen molar-refractivity contribution < 1.29 is 9.13 Å². The van der Waals surface area contributed by atoms with Crippen LogP contribution in [0.4, 0.5) is 21.6 Å². The molecule has 8 nitrogen and oxygen atoms in total. The Morgan fingerprint density at radius 1 is 1.09 bits per heavy atom. The molecule has 1 aliphatic heterocycles. The van der Waals surface area contributed by atoms with Gasteiger partial charge in [-0.3, -0.25) is 9.36 Å². The van der Waals surface area contributed by atoms with E-state index in [-0.39, 0.29) is 5.82 Å². The average molecular weight is 438 g/mol. The number of aromatic nitrogens is 4. The summed E-state index contributed by atoms with van der Waals surface area (Å²) < 4.78 is 23.8. The standard InChI is InChI=1S/C23H28FN7O/c1-13-10-31(11-14(2)25-13)17-8-19-21(20(9-17)32-5)23(28-30(19)4)26-16-6-15-12-29(3)27-22(15)18(24)7-16/h6-9,12-14,25H,10-11H2,1-5H3,(H,26,28). The Labute approximate surface area is 185 Å². The highest BCUT2D eigenvalue weighted by atomic mass is 19.1. The number of piperazine rings is 1. The molecule has 0 amide bonds. The van der Waals surface area contributed by atoms with E-state index in [1.165, 1.54) is 6.07 Å². The largest absolute Gasteiger partial charge is 0.496 e. The monoisotopic (exact) mass is 437 g/mol. The summed E-state index contributed by atoms with van der Waals surface area (Å²) in [5, 5.41) is 17.3. The molecule has 0 radical (unpaired) electrons. The molecule has 5 rings (SSSR count). The Morgan fingerprint density at radius 3 is 2.56 bits per heavy atom. The van der Waals surface area contributed by atoms with Crippen molar-refractivity contribution in [3.8, 4) is 5.75 Å². The van der Waals surface area contributed by atoms with E-state index in [2.05, 4.69) is 51.7 Å². The number of nitrogens with one attached hydrogen (secondary N) is 2. The van der Waals surface area contributed by atoms with Crippen LogP contribution in [0.2, 0.25) is 0 Å². The molecule has 2 unspecified atom stereocenters. The lowest BCUT2D eigenvalue weighted by Crippen LogP contribution is -2.54. The van der Waals surface area contributed by atoms with E-state index in [9.17, 15) is 4.39 Å². The van der Waals surface area contributed by atoms with E-state index in [1.807, 2.05) is 17.8 Å². The zero-order valence-corrected chi connectivity index (χ0v) is 19.0. The van der Waals surface area contributed by atoms with Gasteiger partial charge in [-0.15, -0.1) is 0 Å². The fourth-order valence-corrected chi connectivity index (χ4v) is 4.72. The average Bonchev–Trinajstić information content (AvgIpc) is 3.26. The van der Waals surface area contributed by atoms with Gasteiger partial charge in [-0.25, -0.2) is 4.39 Å². The van der Waals surface area contributed by atoms with Gasteiger partial charge in [0.2, 0.25) is 0 Å². The van der Waals surface area contributed by atoms with Crippen molar-refractivity contribution in [1.29, 1.82) is 0 Å². The first kappa shape index (κ1) is 20.6. The predicted molar refractivity (Wildman–Crippen MR) is 125 cm³/mol. The van der Waals surface area contributed by atoms with E-state index in [0.29, 0.717) is 29.1 Å². The number of halogens is 1. The van der Waals surface area contributed by atoms with Gasteiger partial charge < -0.3 is 20.3 Å². The van der Waals surface area contributed by atoms with Crippen molar-refractivity contribution in [1.82, 2.24) is 24.9 Å². The first-order chi connectivity index (χ1) is 15.3. The van der Waals surface area contributed by atoms with Crippen molar-refractivity contribution in [2.75, 3.05) is 30.4 Å². The van der Waals surface area contributed by atoms with Crippen LogP contribution < -0.4 is 20.3 Å². The number of benzene rings is 2. The maximum absolute atomic E-state index is 14.6. The molecular formula is C23H28FN7O. The van der Waals surface area contributed by atoms with Crippen LogP contribution in [0.1, 0.15) is 13.8 Å². The van der Waals surface area contributed by atoms with E-state index < -0.39 is 0 Å². The van der Waals surface area contributed by atoms with Gasteiger partial charge in [0, 0.05) is 68.3 Å². The molecule has 3 heterocycles. The molecule has 0 spiro atoms. The Morgan fingerprint density at radius 2 is 1.84 bits per heavy atom. The summed E-state index contributed by atoms with van der Waals surface area (Å²) in [6, 6.07) is 8.33. The van der Waals surface area contributed by atoms with Gasteiger partial charge in [0.15, 0.2) is 11.6 Å². The molecule has 0 saturated carbocycles. The van der Waals surface area contributed by atoms with Crippen molar-refractivity contribution in [2.45, 2.75) is 25.9 Å². The molecule has 2 aromatic carbocycles. The van der Waals surface area contributed by atoms with E-state index in [4.69, 9.17) is 4.74 Å². The molecule has 9 heteroatoms. The molecule has 2 N–H and O–H groups in total.